The van der Waals surface area contributed by atoms with Crippen LogP contribution in [0, 0.1) is 0 Å². The summed E-state index contributed by atoms with van der Waals surface area (Å²) in [7, 11) is 0. The summed E-state index contributed by atoms with van der Waals surface area (Å²) < 4.78 is 2.22. The molecule has 2 heterocycles. The molecule has 7 aromatic carbocycles. The second kappa shape index (κ2) is 11.0. The van der Waals surface area contributed by atoms with Gasteiger partial charge in [0.1, 0.15) is 0 Å². The summed E-state index contributed by atoms with van der Waals surface area (Å²) in [6.07, 6.45) is 0. The van der Waals surface area contributed by atoms with Crippen molar-refractivity contribution in [3.8, 4) is 73.2 Å². The Morgan fingerprint density at radius 2 is 0.776 bits per heavy atom. The van der Waals surface area contributed by atoms with Crippen molar-refractivity contribution < 1.29 is 0 Å². The molecule has 0 radical (unpaired) electrons. The van der Waals surface area contributed by atoms with Crippen LogP contribution >= 0.6 is 0 Å². The van der Waals surface area contributed by atoms with Crippen LogP contribution in [0.3, 0.4) is 0 Å². The Balaban J connectivity index is 1.34. The molecule has 0 saturated heterocycles. The minimum Gasteiger partial charge on any atom is -0.278 e. The predicted molar refractivity (Wildman–Crippen MR) is 200 cm³/mol. The third-order valence-corrected chi connectivity index (χ3v) is 9.65. The zero-order chi connectivity index (χ0) is 32.3. The highest BCUT2D eigenvalue weighted by Gasteiger charge is 2.26. The Kier molecular flexibility index (Phi) is 6.15. The summed E-state index contributed by atoms with van der Waals surface area (Å²) in [6, 6.07) is 59.9. The van der Waals surface area contributed by atoms with Crippen LogP contribution in [0.25, 0.3) is 95.0 Å². The van der Waals surface area contributed by atoms with E-state index in [0.717, 1.165) is 27.5 Å². The first-order valence-corrected chi connectivity index (χ1v) is 16.6. The van der Waals surface area contributed by atoms with Gasteiger partial charge in [0.25, 0.3) is 0 Å². The zero-order valence-electron chi connectivity index (χ0n) is 26.5. The molecule has 9 aromatic rings. The molecule has 228 valence electrons. The highest BCUT2D eigenvalue weighted by molar-refractivity contribution is 6.21. The highest BCUT2D eigenvalue weighted by atomic mass is 15.2. The van der Waals surface area contributed by atoms with Gasteiger partial charge < -0.3 is 0 Å². The molecule has 0 saturated carbocycles. The van der Waals surface area contributed by atoms with Crippen LogP contribution in [0.2, 0.25) is 0 Å². The Morgan fingerprint density at radius 3 is 1.35 bits per heavy atom. The molecule has 0 unspecified atom stereocenters. The van der Waals surface area contributed by atoms with Crippen molar-refractivity contribution in [2.75, 3.05) is 0 Å². The van der Waals surface area contributed by atoms with Crippen LogP contribution in [0.4, 0.5) is 0 Å². The summed E-state index contributed by atoms with van der Waals surface area (Å²) in [5, 5.41) is 2.33. The maximum Gasteiger partial charge on any atom is 0.238 e. The van der Waals surface area contributed by atoms with Crippen molar-refractivity contribution in [3.63, 3.8) is 0 Å². The van der Waals surface area contributed by atoms with Crippen LogP contribution in [-0.4, -0.2) is 19.5 Å². The number of rotatable bonds is 3. The largest absolute Gasteiger partial charge is 0.278 e. The van der Waals surface area contributed by atoms with Gasteiger partial charge in [0.2, 0.25) is 5.95 Å². The molecule has 0 amide bonds. The molecule has 0 atom stereocenters. The van der Waals surface area contributed by atoms with E-state index in [9.17, 15) is 0 Å². The molecule has 2 aromatic heterocycles. The molecule has 1 aliphatic carbocycles. The van der Waals surface area contributed by atoms with Crippen molar-refractivity contribution >= 4 is 21.8 Å². The molecule has 0 fully saturated rings. The average molecular weight is 625 g/mol. The number of fused-ring (bicyclic) bond motifs is 12. The molecule has 0 spiro atoms. The van der Waals surface area contributed by atoms with Crippen LogP contribution in [0.5, 0.6) is 0 Å². The van der Waals surface area contributed by atoms with Crippen LogP contribution in [0.15, 0.2) is 170 Å². The van der Waals surface area contributed by atoms with Crippen molar-refractivity contribution in [1.29, 1.82) is 0 Å². The van der Waals surface area contributed by atoms with Crippen molar-refractivity contribution in [2.24, 2.45) is 0 Å². The van der Waals surface area contributed by atoms with Crippen molar-refractivity contribution in [2.45, 2.75) is 0 Å². The fourth-order valence-electron chi connectivity index (χ4n) is 7.52. The van der Waals surface area contributed by atoms with Gasteiger partial charge in [-0.05, 0) is 51.1 Å². The summed E-state index contributed by atoms with van der Waals surface area (Å²) >= 11 is 0. The van der Waals surface area contributed by atoms with E-state index in [1.807, 2.05) is 36.4 Å². The third-order valence-electron chi connectivity index (χ3n) is 9.65. The van der Waals surface area contributed by atoms with E-state index in [0.29, 0.717) is 17.6 Å². The van der Waals surface area contributed by atoms with Gasteiger partial charge in [-0.3, -0.25) is 4.57 Å². The molecule has 1 aliphatic rings. The van der Waals surface area contributed by atoms with Crippen molar-refractivity contribution in [3.05, 3.63) is 170 Å². The number of hydrogen-bond acceptors (Lipinski definition) is 3. The lowest BCUT2D eigenvalue weighted by Gasteiger charge is -2.24. The molecule has 0 bridgehead atoms. The van der Waals surface area contributed by atoms with Gasteiger partial charge in [-0.25, -0.2) is 4.98 Å². The van der Waals surface area contributed by atoms with E-state index in [1.165, 1.54) is 49.9 Å². The number of nitrogens with zero attached hydrogens (tertiary/aromatic N) is 4. The number of para-hydroxylation sites is 1. The second-order valence-electron chi connectivity index (χ2n) is 12.4. The minimum atomic E-state index is 0.587. The summed E-state index contributed by atoms with van der Waals surface area (Å²) in [5.41, 5.74) is 13.7. The van der Waals surface area contributed by atoms with E-state index < -0.39 is 0 Å². The van der Waals surface area contributed by atoms with Crippen LogP contribution < -0.4 is 0 Å². The van der Waals surface area contributed by atoms with Gasteiger partial charge in [0.15, 0.2) is 11.6 Å². The van der Waals surface area contributed by atoms with Gasteiger partial charge >= 0.3 is 0 Å². The van der Waals surface area contributed by atoms with Gasteiger partial charge in [0.05, 0.1) is 11.0 Å². The minimum absolute atomic E-state index is 0.587. The Hall–Kier alpha value is -6.65. The lowest BCUT2D eigenvalue weighted by molar-refractivity contribution is 0.953. The Bertz CT molecular complexity index is 2650. The second-order valence-corrected chi connectivity index (χ2v) is 12.4. The Labute approximate surface area is 283 Å². The Morgan fingerprint density at radius 1 is 0.327 bits per heavy atom. The number of benzene rings is 7. The molecule has 4 nitrogen and oxygen atoms in total. The molecule has 49 heavy (non-hydrogen) atoms. The fraction of sp³-hybridized carbons (Fsp3) is 0. The first-order chi connectivity index (χ1) is 24.3. The van der Waals surface area contributed by atoms with Crippen molar-refractivity contribution in [1.82, 2.24) is 19.5 Å². The summed E-state index contributed by atoms with van der Waals surface area (Å²) in [5.74, 6) is 1.86. The van der Waals surface area contributed by atoms with Gasteiger partial charge in [-0.2, -0.15) is 9.97 Å². The number of aromatic nitrogens is 4. The zero-order valence-corrected chi connectivity index (χ0v) is 26.5. The maximum absolute atomic E-state index is 5.17. The van der Waals surface area contributed by atoms with Gasteiger partial charge in [-0.1, -0.05) is 158 Å². The highest BCUT2D eigenvalue weighted by Crippen LogP contribution is 2.51. The van der Waals surface area contributed by atoms with E-state index in [-0.39, 0.29) is 0 Å². The molecule has 10 rings (SSSR count). The molecular weight excluding hydrogens is 597 g/mol. The lowest BCUT2D eigenvalue weighted by atomic mass is 9.79. The van der Waals surface area contributed by atoms with Gasteiger partial charge in [0, 0.05) is 27.5 Å². The predicted octanol–water partition coefficient (Wildman–Crippen LogP) is 11.3. The fourth-order valence-corrected chi connectivity index (χ4v) is 7.52. The molecular formula is C45H28N4. The normalized spacial score (nSPS) is 11.7. The monoisotopic (exact) mass is 624 g/mol. The van der Waals surface area contributed by atoms with Crippen LogP contribution in [0.1, 0.15) is 0 Å². The van der Waals surface area contributed by atoms with E-state index in [1.54, 1.807) is 0 Å². The summed E-state index contributed by atoms with van der Waals surface area (Å²) in [6.45, 7) is 0. The smallest absolute Gasteiger partial charge is 0.238 e. The maximum atomic E-state index is 5.17. The topological polar surface area (TPSA) is 43.6 Å². The SMILES string of the molecule is c1ccc(-c2nc(-c3ccccc3)nc(-n3c4ccccc4c4c5c(ccc43)-c3ccccc3-c3ccccc3-c3ccccc3-5)n2)cc1. The average Bonchev–Trinajstić information content (AvgIpc) is 3.52. The standard InChI is InChI=1S/C45H28N4/c1-3-15-29(16-4-1)43-46-44(30-17-5-2-6-18-30)48-45(47-43)49-39-26-14-13-25-38(39)42-40(49)28-27-37-35-23-10-9-21-33(35)31-19-7-8-20-32(31)34-22-11-12-24-36(34)41(37)42/h1-28H. The first kappa shape index (κ1) is 27.5. The molecule has 0 aliphatic heterocycles. The summed E-state index contributed by atoms with van der Waals surface area (Å²) in [4.78, 5) is 15.3. The quantitative estimate of drug-likeness (QED) is 0.196. The van der Waals surface area contributed by atoms with Gasteiger partial charge in [-0.15, -0.1) is 0 Å². The first-order valence-electron chi connectivity index (χ1n) is 16.6. The number of hydrogen-bond donors (Lipinski definition) is 0. The van der Waals surface area contributed by atoms with E-state index in [4.69, 9.17) is 15.0 Å². The third kappa shape index (κ3) is 4.28. The molecule has 0 N–H and O–H groups in total. The van der Waals surface area contributed by atoms with E-state index >= 15 is 0 Å². The molecule has 4 heteroatoms. The van der Waals surface area contributed by atoms with Crippen LogP contribution in [-0.2, 0) is 0 Å². The lowest BCUT2D eigenvalue weighted by Crippen LogP contribution is -2.06. The van der Waals surface area contributed by atoms with E-state index in [2.05, 4.69) is 138 Å².